The van der Waals surface area contributed by atoms with Gasteiger partial charge in [0.25, 0.3) is 0 Å². The topological polar surface area (TPSA) is 49.8 Å². The summed E-state index contributed by atoms with van der Waals surface area (Å²) in [4.78, 5) is 13.9. The molecule has 0 spiro atoms. The molecule has 1 saturated heterocycles. The van der Waals surface area contributed by atoms with E-state index in [9.17, 15) is 9.90 Å². The van der Waals surface area contributed by atoms with Crippen molar-refractivity contribution >= 4 is 17.5 Å². The summed E-state index contributed by atoms with van der Waals surface area (Å²) in [6.07, 6.45) is -0.703. The maximum atomic E-state index is 12.1. The first-order valence-corrected chi connectivity index (χ1v) is 6.76. The van der Waals surface area contributed by atoms with E-state index in [1.807, 2.05) is 6.92 Å². The highest BCUT2D eigenvalue weighted by atomic mass is 35.5. The summed E-state index contributed by atoms with van der Waals surface area (Å²) in [7, 11) is 0. The molecule has 0 radical (unpaired) electrons. The van der Waals surface area contributed by atoms with Gasteiger partial charge in [-0.15, -0.1) is 0 Å². The molecule has 2 rings (SSSR count). The summed E-state index contributed by atoms with van der Waals surface area (Å²) >= 11 is 5.79. The second-order valence-corrected chi connectivity index (χ2v) is 5.22. The predicted octanol–water partition coefficient (Wildman–Crippen LogP) is 2.01. The van der Waals surface area contributed by atoms with Crippen molar-refractivity contribution in [2.24, 2.45) is 0 Å². The molecule has 0 aromatic heterocycles. The van der Waals surface area contributed by atoms with Gasteiger partial charge in [0.15, 0.2) is 0 Å². The van der Waals surface area contributed by atoms with Crippen LogP contribution in [0.5, 0.6) is 0 Å². The molecule has 4 nitrogen and oxygen atoms in total. The Morgan fingerprint density at radius 1 is 1.53 bits per heavy atom. The molecule has 1 fully saturated rings. The van der Waals surface area contributed by atoms with Crippen LogP contribution in [-0.4, -0.2) is 41.7 Å². The minimum absolute atomic E-state index is 0.0433. The van der Waals surface area contributed by atoms with Crippen molar-refractivity contribution in [2.75, 3.05) is 19.8 Å². The minimum Gasteiger partial charge on any atom is -0.388 e. The zero-order valence-electron chi connectivity index (χ0n) is 10.9. The van der Waals surface area contributed by atoms with E-state index < -0.39 is 6.10 Å². The zero-order valence-corrected chi connectivity index (χ0v) is 11.6. The van der Waals surface area contributed by atoms with Crippen molar-refractivity contribution < 1.29 is 14.6 Å². The monoisotopic (exact) mass is 283 g/mol. The van der Waals surface area contributed by atoms with Crippen molar-refractivity contribution in [1.29, 1.82) is 0 Å². The zero-order chi connectivity index (χ0) is 13.8. The maximum Gasteiger partial charge on any atom is 0.225 e. The molecule has 0 aliphatic carbocycles. The van der Waals surface area contributed by atoms with Crippen LogP contribution in [0.1, 0.15) is 25.0 Å². The SMILES string of the molecule is CC1COCCN1C(=O)CC(O)c1ccc(Cl)cc1. The van der Waals surface area contributed by atoms with Crippen LogP contribution in [0.2, 0.25) is 5.02 Å². The Hall–Kier alpha value is -1.10. The number of hydrogen-bond donors (Lipinski definition) is 1. The molecular weight excluding hydrogens is 266 g/mol. The first-order chi connectivity index (χ1) is 9.08. The van der Waals surface area contributed by atoms with Crippen LogP contribution in [0.25, 0.3) is 0 Å². The number of amides is 1. The third kappa shape index (κ3) is 3.69. The summed E-state index contributed by atoms with van der Waals surface area (Å²) in [5.41, 5.74) is 0.707. The lowest BCUT2D eigenvalue weighted by Gasteiger charge is -2.33. The van der Waals surface area contributed by atoms with Gasteiger partial charge in [0, 0.05) is 11.6 Å². The van der Waals surface area contributed by atoms with E-state index in [-0.39, 0.29) is 18.4 Å². The van der Waals surface area contributed by atoms with E-state index in [2.05, 4.69) is 0 Å². The first-order valence-electron chi connectivity index (χ1n) is 6.38. The van der Waals surface area contributed by atoms with Gasteiger partial charge in [0.1, 0.15) is 0 Å². The number of nitrogens with zero attached hydrogens (tertiary/aromatic N) is 1. The average molecular weight is 284 g/mol. The van der Waals surface area contributed by atoms with E-state index in [0.717, 1.165) is 0 Å². The van der Waals surface area contributed by atoms with Crippen molar-refractivity contribution in [3.8, 4) is 0 Å². The van der Waals surface area contributed by atoms with Crippen molar-refractivity contribution in [3.63, 3.8) is 0 Å². The van der Waals surface area contributed by atoms with Gasteiger partial charge in [0.05, 0.1) is 31.8 Å². The number of carbonyl (C=O) groups is 1. The number of hydrogen-bond acceptors (Lipinski definition) is 3. The molecule has 1 heterocycles. The van der Waals surface area contributed by atoms with Crippen LogP contribution in [0.15, 0.2) is 24.3 Å². The van der Waals surface area contributed by atoms with Gasteiger partial charge in [-0.05, 0) is 24.6 Å². The molecule has 0 saturated carbocycles. The molecule has 1 aromatic rings. The summed E-state index contributed by atoms with van der Waals surface area (Å²) in [6.45, 7) is 3.66. The fourth-order valence-corrected chi connectivity index (χ4v) is 2.31. The highest BCUT2D eigenvalue weighted by Gasteiger charge is 2.25. The fourth-order valence-electron chi connectivity index (χ4n) is 2.18. The van der Waals surface area contributed by atoms with Crippen molar-refractivity contribution in [3.05, 3.63) is 34.9 Å². The van der Waals surface area contributed by atoms with Gasteiger partial charge in [0.2, 0.25) is 5.91 Å². The molecule has 1 amide bonds. The van der Waals surface area contributed by atoms with Gasteiger partial charge in [-0.25, -0.2) is 0 Å². The molecule has 104 valence electrons. The lowest BCUT2D eigenvalue weighted by atomic mass is 10.1. The Morgan fingerprint density at radius 2 is 2.21 bits per heavy atom. The Morgan fingerprint density at radius 3 is 2.84 bits per heavy atom. The van der Waals surface area contributed by atoms with Crippen LogP contribution < -0.4 is 0 Å². The van der Waals surface area contributed by atoms with Crippen LogP contribution in [0, 0.1) is 0 Å². The smallest absolute Gasteiger partial charge is 0.225 e. The molecule has 2 unspecified atom stereocenters. The van der Waals surface area contributed by atoms with Gasteiger partial charge in [-0.2, -0.15) is 0 Å². The van der Waals surface area contributed by atoms with Crippen LogP contribution >= 0.6 is 11.6 Å². The fraction of sp³-hybridized carbons (Fsp3) is 0.500. The number of carbonyl (C=O) groups excluding carboxylic acids is 1. The maximum absolute atomic E-state index is 12.1. The number of rotatable bonds is 3. The normalized spacial score (nSPS) is 21.2. The number of ether oxygens (including phenoxy) is 1. The molecule has 1 aliphatic rings. The molecule has 1 aliphatic heterocycles. The Bertz CT molecular complexity index is 435. The van der Waals surface area contributed by atoms with E-state index in [1.165, 1.54) is 0 Å². The average Bonchev–Trinajstić information content (AvgIpc) is 2.39. The quantitative estimate of drug-likeness (QED) is 0.923. The lowest BCUT2D eigenvalue weighted by molar-refractivity contribution is -0.141. The van der Waals surface area contributed by atoms with Crippen LogP contribution in [-0.2, 0) is 9.53 Å². The van der Waals surface area contributed by atoms with Gasteiger partial charge >= 0.3 is 0 Å². The summed E-state index contributed by atoms with van der Waals surface area (Å²) in [5.74, 6) is -0.0433. The molecule has 2 atom stereocenters. The minimum atomic E-state index is -0.792. The number of aliphatic hydroxyl groups is 1. The highest BCUT2D eigenvalue weighted by Crippen LogP contribution is 2.21. The molecule has 0 bridgehead atoms. The largest absolute Gasteiger partial charge is 0.388 e. The first kappa shape index (κ1) is 14.3. The number of morpholine rings is 1. The molecule has 19 heavy (non-hydrogen) atoms. The summed E-state index contributed by atoms with van der Waals surface area (Å²) in [5, 5.41) is 10.7. The number of halogens is 1. The van der Waals surface area contributed by atoms with Gasteiger partial charge in [-0.1, -0.05) is 23.7 Å². The third-order valence-electron chi connectivity index (χ3n) is 3.31. The van der Waals surface area contributed by atoms with E-state index in [4.69, 9.17) is 16.3 Å². The third-order valence-corrected chi connectivity index (χ3v) is 3.56. The highest BCUT2D eigenvalue weighted by molar-refractivity contribution is 6.30. The molecule has 5 heteroatoms. The lowest BCUT2D eigenvalue weighted by Crippen LogP contribution is -2.47. The Balaban J connectivity index is 1.96. The van der Waals surface area contributed by atoms with Crippen molar-refractivity contribution in [2.45, 2.75) is 25.5 Å². The summed E-state index contributed by atoms with van der Waals surface area (Å²) in [6, 6.07) is 6.97. The predicted molar refractivity (Wildman–Crippen MR) is 73.0 cm³/mol. The number of benzene rings is 1. The van der Waals surface area contributed by atoms with Crippen LogP contribution in [0.4, 0.5) is 0 Å². The molecule has 1 aromatic carbocycles. The Kier molecular flexibility index (Phi) is 4.80. The number of aliphatic hydroxyl groups excluding tert-OH is 1. The van der Waals surface area contributed by atoms with E-state index >= 15 is 0 Å². The van der Waals surface area contributed by atoms with Crippen LogP contribution in [0.3, 0.4) is 0 Å². The van der Waals surface area contributed by atoms with Gasteiger partial charge in [-0.3, -0.25) is 4.79 Å². The summed E-state index contributed by atoms with van der Waals surface area (Å²) < 4.78 is 5.29. The standard InChI is InChI=1S/C14H18ClNO3/c1-10-9-19-7-6-16(10)14(18)8-13(17)11-2-4-12(15)5-3-11/h2-5,10,13,17H,6-9H2,1H3. The second-order valence-electron chi connectivity index (χ2n) is 4.78. The van der Waals surface area contributed by atoms with E-state index in [1.54, 1.807) is 29.2 Å². The Labute approximate surface area is 117 Å². The second kappa shape index (κ2) is 6.37. The van der Waals surface area contributed by atoms with E-state index in [0.29, 0.717) is 30.3 Å². The van der Waals surface area contributed by atoms with Gasteiger partial charge < -0.3 is 14.7 Å². The molecule has 1 N–H and O–H groups in total. The molecular formula is C14H18ClNO3. The van der Waals surface area contributed by atoms with Crippen molar-refractivity contribution in [1.82, 2.24) is 4.90 Å².